The molecule has 1 rings (SSSR count). The van der Waals surface area contributed by atoms with Crippen molar-refractivity contribution in [3.05, 3.63) is 0 Å². The molecule has 3 nitrogen and oxygen atoms in total. The van der Waals surface area contributed by atoms with E-state index in [2.05, 4.69) is 13.8 Å². The van der Waals surface area contributed by atoms with Crippen molar-refractivity contribution in [2.75, 3.05) is 19.3 Å². The van der Waals surface area contributed by atoms with Crippen LogP contribution in [0.3, 0.4) is 0 Å². The zero-order valence-corrected chi connectivity index (χ0v) is 8.06. The third-order valence-electron chi connectivity index (χ3n) is 2.29. The maximum Gasteiger partial charge on any atom is 0.211 e. The van der Waals surface area contributed by atoms with Gasteiger partial charge in [0.2, 0.25) is 10.0 Å². The Morgan fingerprint density at radius 2 is 1.82 bits per heavy atom. The maximum absolute atomic E-state index is 10.9. The predicted molar refractivity (Wildman–Crippen MR) is 44.7 cm³/mol. The van der Waals surface area contributed by atoms with Crippen molar-refractivity contribution >= 4 is 10.0 Å². The standard InChI is InChI=1S/C7H15NO2S/c1-6(2)7-4-8(5-7)11(3,9)10/h6-7H,4-5H2,1-3H3. The summed E-state index contributed by atoms with van der Waals surface area (Å²) >= 11 is 0. The predicted octanol–water partition coefficient (Wildman–Crippen LogP) is 0.534. The zero-order chi connectivity index (χ0) is 8.65. The highest BCUT2D eigenvalue weighted by Crippen LogP contribution is 2.24. The lowest BCUT2D eigenvalue weighted by molar-refractivity contribution is 0.153. The van der Waals surface area contributed by atoms with Crippen molar-refractivity contribution in [3.63, 3.8) is 0 Å². The van der Waals surface area contributed by atoms with Crippen molar-refractivity contribution in [3.8, 4) is 0 Å². The summed E-state index contributed by atoms with van der Waals surface area (Å²) in [6.45, 7) is 5.70. The monoisotopic (exact) mass is 177 g/mol. The van der Waals surface area contributed by atoms with Gasteiger partial charge in [-0.1, -0.05) is 13.8 Å². The molecule has 0 aromatic rings. The van der Waals surface area contributed by atoms with Crippen LogP contribution < -0.4 is 0 Å². The van der Waals surface area contributed by atoms with Gasteiger partial charge in [-0.3, -0.25) is 0 Å². The van der Waals surface area contributed by atoms with Crippen LogP contribution in [0.5, 0.6) is 0 Å². The maximum atomic E-state index is 10.9. The Morgan fingerprint density at radius 1 is 1.36 bits per heavy atom. The van der Waals surface area contributed by atoms with Gasteiger partial charge in [-0.15, -0.1) is 0 Å². The van der Waals surface area contributed by atoms with Gasteiger partial charge in [-0.2, -0.15) is 0 Å². The van der Waals surface area contributed by atoms with Gasteiger partial charge in [0.25, 0.3) is 0 Å². The molecule has 1 aliphatic rings. The van der Waals surface area contributed by atoms with Crippen LogP contribution in [0.25, 0.3) is 0 Å². The van der Waals surface area contributed by atoms with Crippen molar-refractivity contribution in [1.82, 2.24) is 4.31 Å². The first kappa shape index (κ1) is 9.00. The van der Waals surface area contributed by atoms with E-state index in [-0.39, 0.29) is 0 Å². The van der Waals surface area contributed by atoms with Crippen LogP contribution in [0.4, 0.5) is 0 Å². The van der Waals surface area contributed by atoms with Crippen LogP contribution in [0.15, 0.2) is 0 Å². The van der Waals surface area contributed by atoms with E-state index >= 15 is 0 Å². The molecular formula is C7H15NO2S. The summed E-state index contributed by atoms with van der Waals surface area (Å²) in [6, 6.07) is 0. The van der Waals surface area contributed by atoms with Crippen LogP contribution in [0.2, 0.25) is 0 Å². The van der Waals surface area contributed by atoms with E-state index in [9.17, 15) is 8.42 Å². The average molecular weight is 177 g/mol. The average Bonchev–Trinajstić information content (AvgIpc) is 1.51. The molecular weight excluding hydrogens is 162 g/mol. The Bertz CT molecular complexity index is 227. The Hall–Kier alpha value is -0.0900. The van der Waals surface area contributed by atoms with E-state index in [0.29, 0.717) is 11.8 Å². The molecule has 66 valence electrons. The number of sulfonamides is 1. The molecule has 1 fully saturated rings. The SMILES string of the molecule is CC(C)C1CN(S(C)(=O)=O)C1. The Kier molecular flexibility index (Phi) is 2.25. The van der Waals surface area contributed by atoms with Gasteiger partial charge >= 0.3 is 0 Å². The molecule has 1 aliphatic heterocycles. The summed E-state index contributed by atoms with van der Waals surface area (Å²) in [7, 11) is -2.90. The Morgan fingerprint density at radius 3 is 2.09 bits per heavy atom. The molecule has 0 radical (unpaired) electrons. The highest BCUT2D eigenvalue weighted by atomic mass is 32.2. The minimum absolute atomic E-state index is 0.574. The van der Waals surface area contributed by atoms with E-state index in [0.717, 1.165) is 13.1 Å². The highest BCUT2D eigenvalue weighted by Gasteiger charge is 2.34. The minimum atomic E-state index is -2.90. The van der Waals surface area contributed by atoms with Gasteiger partial charge in [-0.25, -0.2) is 12.7 Å². The minimum Gasteiger partial charge on any atom is -0.213 e. The molecule has 1 heterocycles. The largest absolute Gasteiger partial charge is 0.213 e. The van der Waals surface area contributed by atoms with Gasteiger partial charge in [0, 0.05) is 13.1 Å². The summed E-state index contributed by atoms with van der Waals surface area (Å²) in [5, 5.41) is 0. The summed E-state index contributed by atoms with van der Waals surface area (Å²) in [5.74, 6) is 1.18. The van der Waals surface area contributed by atoms with Crippen LogP contribution in [-0.2, 0) is 10.0 Å². The van der Waals surface area contributed by atoms with Gasteiger partial charge in [-0.05, 0) is 11.8 Å². The lowest BCUT2D eigenvalue weighted by Crippen LogP contribution is -2.51. The molecule has 1 saturated heterocycles. The molecule has 0 aromatic carbocycles. The van der Waals surface area contributed by atoms with Crippen molar-refractivity contribution in [2.24, 2.45) is 11.8 Å². The van der Waals surface area contributed by atoms with Crippen LogP contribution in [0.1, 0.15) is 13.8 Å². The van der Waals surface area contributed by atoms with Gasteiger partial charge in [0.1, 0.15) is 0 Å². The molecule has 0 spiro atoms. The molecule has 0 N–H and O–H groups in total. The van der Waals surface area contributed by atoms with Gasteiger partial charge in [0.05, 0.1) is 6.26 Å². The molecule has 0 saturated carbocycles. The topological polar surface area (TPSA) is 37.4 Å². The van der Waals surface area contributed by atoms with Gasteiger partial charge < -0.3 is 0 Å². The van der Waals surface area contributed by atoms with E-state index in [1.807, 2.05) is 0 Å². The molecule has 0 unspecified atom stereocenters. The van der Waals surface area contributed by atoms with Crippen molar-refractivity contribution in [1.29, 1.82) is 0 Å². The quantitative estimate of drug-likeness (QED) is 0.617. The number of hydrogen-bond acceptors (Lipinski definition) is 2. The second-order valence-electron chi connectivity index (χ2n) is 3.58. The van der Waals surface area contributed by atoms with Crippen LogP contribution >= 0.6 is 0 Å². The second kappa shape index (κ2) is 2.75. The zero-order valence-electron chi connectivity index (χ0n) is 7.24. The third-order valence-corrected chi connectivity index (χ3v) is 3.52. The Balaban J connectivity index is 2.42. The first-order valence-corrected chi connectivity index (χ1v) is 5.71. The summed E-state index contributed by atoms with van der Waals surface area (Å²) < 4.78 is 23.3. The Labute approximate surface area is 68.4 Å². The first-order chi connectivity index (χ1) is 4.91. The number of rotatable bonds is 2. The van der Waals surface area contributed by atoms with E-state index in [1.54, 1.807) is 0 Å². The fourth-order valence-corrected chi connectivity index (χ4v) is 2.09. The first-order valence-electron chi connectivity index (χ1n) is 3.86. The second-order valence-corrected chi connectivity index (χ2v) is 5.57. The molecule has 4 heteroatoms. The smallest absolute Gasteiger partial charge is 0.211 e. The third kappa shape index (κ3) is 1.93. The van der Waals surface area contributed by atoms with Crippen molar-refractivity contribution < 1.29 is 8.42 Å². The summed E-state index contributed by atoms with van der Waals surface area (Å²) in [4.78, 5) is 0. The number of hydrogen-bond donors (Lipinski definition) is 0. The van der Waals surface area contributed by atoms with Crippen molar-refractivity contribution in [2.45, 2.75) is 13.8 Å². The van der Waals surface area contributed by atoms with E-state index in [4.69, 9.17) is 0 Å². The molecule has 0 aromatic heterocycles. The van der Waals surface area contributed by atoms with E-state index in [1.165, 1.54) is 10.6 Å². The fourth-order valence-electron chi connectivity index (χ4n) is 1.16. The van der Waals surface area contributed by atoms with Crippen LogP contribution in [-0.4, -0.2) is 32.1 Å². The molecule has 0 bridgehead atoms. The lowest BCUT2D eigenvalue weighted by Gasteiger charge is -2.39. The normalized spacial score (nSPS) is 22.2. The lowest BCUT2D eigenvalue weighted by atomic mass is 9.91. The summed E-state index contributed by atoms with van der Waals surface area (Å²) in [5.41, 5.74) is 0. The molecule has 11 heavy (non-hydrogen) atoms. The van der Waals surface area contributed by atoms with Crippen LogP contribution in [0, 0.1) is 11.8 Å². The van der Waals surface area contributed by atoms with Gasteiger partial charge in [0.15, 0.2) is 0 Å². The molecule has 0 aliphatic carbocycles. The number of nitrogens with zero attached hydrogens (tertiary/aromatic N) is 1. The molecule has 0 amide bonds. The summed E-state index contributed by atoms with van der Waals surface area (Å²) in [6.07, 6.45) is 1.27. The van der Waals surface area contributed by atoms with E-state index < -0.39 is 10.0 Å². The molecule has 0 atom stereocenters. The fraction of sp³-hybridized carbons (Fsp3) is 1.00. The highest BCUT2D eigenvalue weighted by molar-refractivity contribution is 7.88.